The SMILES string of the molecule is Cc1ccc2c(=O)n(C(C)N)c(=O)n(C)c2c1. The molecule has 0 saturated carbocycles. The fourth-order valence-electron chi connectivity index (χ4n) is 1.94. The molecule has 1 unspecified atom stereocenters. The van der Waals surface area contributed by atoms with Gasteiger partial charge in [0.25, 0.3) is 5.56 Å². The van der Waals surface area contributed by atoms with Crippen LogP contribution < -0.4 is 17.0 Å². The van der Waals surface area contributed by atoms with Crippen molar-refractivity contribution in [2.24, 2.45) is 12.8 Å². The van der Waals surface area contributed by atoms with E-state index in [4.69, 9.17) is 5.73 Å². The molecule has 17 heavy (non-hydrogen) atoms. The Bertz CT molecular complexity index is 695. The fraction of sp³-hybridized carbons (Fsp3) is 0.333. The maximum atomic E-state index is 12.1. The number of hydrogen-bond donors (Lipinski definition) is 1. The van der Waals surface area contributed by atoms with Crippen LogP contribution in [0.25, 0.3) is 10.9 Å². The lowest BCUT2D eigenvalue weighted by Gasteiger charge is -2.13. The first kappa shape index (κ1) is 11.6. The van der Waals surface area contributed by atoms with Crippen LogP contribution in [0.15, 0.2) is 27.8 Å². The van der Waals surface area contributed by atoms with Gasteiger partial charge in [0.05, 0.1) is 17.1 Å². The lowest BCUT2D eigenvalue weighted by atomic mass is 10.1. The zero-order chi connectivity index (χ0) is 12.7. The molecule has 1 aromatic carbocycles. The molecule has 1 heterocycles. The largest absolute Gasteiger partial charge is 0.332 e. The Kier molecular flexibility index (Phi) is 2.63. The predicted octanol–water partition coefficient (Wildman–Crippen LogP) is 0.486. The lowest BCUT2D eigenvalue weighted by molar-refractivity contribution is 0.511. The highest BCUT2D eigenvalue weighted by atomic mass is 16.2. The summed E-state index contributed by atoms with van der Waals surface area (Å²) >= 11 is 0. The van der Waals surface area contributed by atoms with Crippen molar-refractivity contribution in [2.75, 3.05) is 0 Å². The third-order valence-electron chi connectivity index (χ3n) is 2.86. The molecule has 5 nitrogen and oxygen atoms in total. The number of hydrogen-bond acceptors (Lipinski definition) is 3. The molecule has 0 radical (unpaired) electrons. The minimum Gasteiger partial charge on any atom is -0.311 e. The molecule has 0 spiro atoms. The summed E-state index contributed by atoms with van der Waals surface area (Å²) in [5, 5.41) is 0.509. The zero-order valence-electron chi connectivity index (χ0n) is 10.1. The number of nitrogens with two attached hydrogens (primary N) is 1. The van der Waals surface area contributed by atoms with Crippen LogP contribution in [0.2, 0.25) is 0 Å². The van der Waals surface area contributed by atoms with E-state index < -0.39 is 6.17 Å². The van der Waals surface area contributed by atoms with Gasteiger partial charge in [0.2, 0.25) is 0 Å². The topological polar surface area (TPSA) is 70.0 Å². The van der Waals surface area contributed by atoms with Gasteiger partial charge in [0.1, 0.15) is 0 Å². The molecule has 2 N–H and O–H groups in total. The summed E-state index contributed by atoms with van der Waals surface area (Å²) in [7, 11) is 1.64. The van der Waals surface area contributed by atoms with Crippen molar-refractivity contribution in [2.45, 2.75) is 20.0 Å². The quantitative estimate of drug-likeness (QED) is 0.779. The minimum atomic E-state index is -0.632. The smallest absolute Gasteiger partial charge is 0.311 e. The number of nitrogens with zero attached hydrogens (tertiary/aromatic N) is 2. The third-order valence-corrected chi connectivity index (χ3v) is 2.86. The highest BCUT2D eigenvalue weighted by Crippen LogP contribution is 2.10. The second-order valence-corrected chi connectivity index (χ2v) is 4.28. The first-order valence-electron chi connectivity index (χ1n) is 5.41. The monoisotopic (exact) mass is 233 g/mol. The molecule has 0 bridgehead atoms. The van der Waals surface area contributed by atoms with E-state index in [2.05, 4.69) is 0 Å². The Morgan fingerprint density at radius 2 is 1.94 bits per heavy atom. The number of fused-ring (bicyclic) bond motifs is 1. The molecule has 0 aliphatic rings. The molecule has 2 aromatic rings. The van der Waals surface area contributed by atoms with Crippen molar-refractivity contribution >= 4 is 10.9 Å². The molecule has 2 rings (SSSR count). The molecular weight excluding hydrogens is 218 g/mol. The van der Waals surface area contributed by atoms with E-state index in [0.717, 1.165) is 10.1 Å². The van der Waals surface area contributed by atoms with E-state index in [-0.39, 0.29) is 11.2 Å². The third kappa shape index (κ3) is 1.68. The molecule has 0 amide bonds. The van der Waals surface area contributed by atoms with Crippen LogP contribution in [0.1, 0.15) is 18.7 Å². The number of rotatable bonds is 1. The van der Waals surface area contributed by atoms with E-state index in [1.165, 1.54) is 4.57 Å². The Hall–Kier alpha value is -1.88. The van der Waals surface area contributed by atoms with Crippen LogP contribution in [0.3, 0.4) is 0 Å². The maximum absolute atomic E-state index is 12.1. The Labute approximate surface area is 98.1 Å². The van der Waals surface area contributed by atoms with Gasteiger partial charge < -0.3 is 5.73 Å². The number of benzene rings is 1. The van der Waals surface area contributed by atoms with Gasteiger partial charge in [-0.3, -0.25) is 9.36 Å². The summed E-state index contributed by atoms with van der Waals surface area (Å²) in [5.41, 5.74) is 6.57. The molecule has 0 fully saturated rings. The highest BCUT2D eigenvalue weighted by molar-refractivity contribution is 5.78. The fourth-order valence-corrected chi connectivity index (χ4v) is 1.94. The molecule has 0 aliphatic carbocycles. The van der Waals surface area contributed by atoms with Gasteiger partial charge in [-0.05, 0) is 31.5 Å². The van der Waals surface area contributed by atoms with Crippen LogP contribution >= 0.6 is 0 Å². The van der Waals surface area contributed by atoms with E-state index in [0.29, 0.717) is 10.9 Å². The molecule has 5 heteroatoms. The van der Waals surface area contributed by atoms with Crippen LogP contribution in [0.4, 0.5) is 0 Å². The van der Waals surface area contributed by atoms with Gasteiger partial charge in [0, 0.05) is 7.05 Å². The van der Waals surface area contributed by atoms with Gasteiger partial charge in [-0.2, -0.15) is 0 Å². The Balaban J connectivity index is 3.06. The summed E-state index contributed by atoms with van der Waals surface area (Å²) in [6, 6.07) is 5.40. The van der Waals surface area contributed by atoms with Crippen LogP contribution in [0.5, 0.6) is 0 Å². The van der Waals surface area contributed by atoms with Crippen molar-refractivity contribution in [1.82, 2.24) is 9.13 Å². The number of aromatic nitrogens is 2. The van der Waals surface area contributed by atoms with Crippen molar-refractivity contribution < 1.29 is 0 Å². The van der Waals surface area contributed by atoms with Gasteiger partial charge in [0.15, 0.2) is 0 Å². The predicted molar refractivity (Wildman–Crippen MR) is 67.1 cm³/mol. The number of aryl methyl sites for hydroxylation is 2. The minimum absolute atomic E-state index is 0.335. The van der Waals surface area contributed by atoms with Gasteiger partial charge >= 0.3 is 5.69 Å². The summed E-state index contributed by atoms with van der Waals surface area (Å²) in [5.74, 6) is 0. The van der Waals surface area contributed by atoms with Crippen molar-refractivity contribution in [3.63, 3.8) is 0 Å². The van der Waals surface area contributed by atoms with Crippen LogP contribution in [-0.2, 0) is 7.05 Å². The van der Waals surface area contributed by atoms with E-state index in [1.807, 2.05) is 19.1 Å². The summed E-state index contributed by atoms with van der Waals surface area (Å²) in [4.78, 5) is 24.1. The molecule has 0 saturated heterocycles. The van der Waals surface area contributed by atoms with Crippen molar-refractivity contribution in [1.29, 1.82) is 0 Å². The van der Waals surface area contributed by atoms with Crippen molar-refractivity contribution in [3.8, 4) is 0 Å². The normalized spacial score (nSPS) is 12.9. The average molecular weight is 233 g/mol. The first-order valence-corrected chi connectivity index (χ1v) is 5.41. The Morgan fingerprint density at radius 3 is 2.53 bits per heavy atom. The van der Waals surface area contributed by atoms with E-state index >= 15 is 0 Å². The summed E-state index contributed by atoms with van der Waals surface area (Å²) < 4.78 is 2.52. The summed E-state index contributed by atoms with van der Waals surface area (Å²) in [6.07, 6.45) is -0.632. The lowest BCUT2D eigenvalue weighted by Crippen LogP contribution is -2.43. The second kappa shape index (κ2) is 3.85. The van der Waals surface area contributed by atoms with Gasteiger partial charge in [-0.15, -0.1) is 0 Å². The molecular formula is C12H15N3O2. The van der Waals surface area contributed by atoms with Crippen LogP contribution in [-0.4, -0.2) is 9.13 Å². The van der Waals surface area contributed by atoms with E-state index in [1.54, 1.807) is 20.0 Å². The van der Waals surface area contributed by atoms with Gasteiger partial charge in [-0.25, -0.2) is 9.36 Å². The molecule has 1 atom stereocenters. The average Bonchev–Trinajstić information content (AvgIpc) is 2.25. The summed E-state index contributed by atoms with van der Waals surface area (Å²) in [6.45, 7) is 3.53. The molecule has 0 aliphatic heterocycles. The zero-order valence-corrected chi connectivity index (χ0v) is 10.1. The molecule has 90 valence electrons. The van der Waals surface area contributed by atoms with E-state index in [9.17, 15) is 9.59 Å². The standard InChI is InChI=1S/C12H15N3O2/c1-7-4-5-9-10(6-7)14(3)12(17)15(8(2)13)11(9)16/h4-6,8H,13H2,1-3H3. The second-order valence-electron chi connectivity index (χ2n) is 4.28. The van der Waals surface area contributed by atoms with Crippen molar-refractivity contribution in [3.05, 3.63) is 44.6 Å². The van der Waals surface area contributed by atoms with Gasteiger partial charge in [-0.1, -0.05) is 6.07 Å². The maximum Gasteiger partial charge on any atom is 0.332 e. The molecule has 1 aromatic heterocycles. The highest BCUT2D eigenvalue weighted by Gasteiger charge is 2.12. The van der Waals surface area contributed by atoms with Crippen LogP contribution in [0, 0.1) is 6.92 Å². The first-order chi connectivity index (χ1) is 7.93. The Morgan fingerprint density at radius 1 is 1.29 bits per heavy atom.